The predicted octanol–water partition coefficient (Wildman–Crippen LogP) is -1.54. The van der Waals surface area contributed by atoms with Gasteiger partial charge in [-0.2, -0.15) is 30.9 Å². The zero-order valence-corrected chi connectivity index (χ0v) is 14.8. The Morgan fingerprint density at radius 3 is 0.333 bits per heavy atom. The maximum Gasteiger partial charge on any atom is 0.299 e. The van der Waals surface area contributed by atoms with Gasteiger partial charge in [0.15, 0.2) is 0 Å². The van der Waals surface area contributed by atoms with Crippen LogP contribution in [0.15, 0.2) is 0 Å². The van der Waals surface area contributed by atoms with E-state index in [2.05, 4.69) is 0 Å². The molecule has 138 valence electrons. The molecular formula is H13O15PS5. The van der Waals surface area contributed by atoms with Gasteiger partial charge in [0.2, 0.25) is 0 Å². The van der Waals surface area contributed by atoms with E-state index in [0.717, 1.165) is 0 Å². The van der Waals surface area contributed by atoms with Gasteiger partial charge >= 0.3 is 0 Å². The van der Waals surface area contributed by atoms with Crippen molar-refractivity contribution in [1.29, 1.82) is 0 Å². The second-order valence-electron chi connectivity index (χ2n) is 1.15. The zero-order valence-electron chi connectivity index (χ0n) is 9.26. The highest BCUT2D eigenvalue weighted by molar-refractivity contribution is 7.73. The van der Waals surface area contributed by atoms with Crippen molar-refractivity contribution in [3.8, 4) is 0 Å². The summed E-state index contributed by atoms with van der Waals surface area (Å²) in [5.74, 6) is 0. The van der Waals surface area contributed by atoms with Crippen molar-refractivity contribution in [2.75, 3.05) is 0 Å². The quantitative estimate of drug-likeness (QED) is 0.150. The average molecular weight is 444 g/mol. The van der Waals surface area contributed by atoms with E-state index in [9.17, 15) is 0 Å². The van der Waals surface area contributed by atoms with Crippen molar-refractivity contribution in [3.63, 3.8) is 0 Å². The molecule has 21 heavy (non-hydrogen) atoms. The third kappa shape index (κ3) is 12000. The fraction of sp³-hybridized carbons (Fsp3) is 0. The topological polar surface area (TPSA) is 288 Å². The summed E-state index contributed by atoms with van der Waals surface area (Å²) in [6.45, 7) is 0. The summed E-state index contributed by atoms with van der Waals surface area (Å²) >= 11 is -13.1. The molecule has 0 fully saturated rings. The number of hydrogen-bond acceptors (Lipinski definition) is 5. The second kappa shape index (κ2) is 32.7. The van der Waals surface area contributed by atoms with Crippen LogP contribution >= 0.6 is 9.90 Å². The van der Waals surface area contributed by atoms with Crippen LogP contribution in [-0.2, 0) is 56.8 Å². The van der Waals surface area contributed by atoms with Gasteiger partial charge in [0, 0.05) is 0 Å². The largest absolute Gasteiger partial charge is 0.299 e. The molecule has 0 radical (unpaired) electrons. The van der Waals surface area contributed by atoms with E-state index in [1.165, 1.54) is 0 Å². The average Bonchev–Trinajstić information content (AvgIpc) is 1.94. The summed E-state index contributed by atoms with van der Waals surface area (Å²) in [4.78, 5) is 0. The van der Waals surface area contributed by atoms with E-state index in [0.29, 0.717) is 0 Å². The molecule has 0 aliphatic carbocycles. The minimum absolute atomic E-state index is 0. The van der Waals surface area contributed by atoms with E-state index >= 15 is 0 Å². The van der Waals surface area contributed by atoms with Gasteiger partial charge in [0.1, 0.15) is 0 Å². The molecule has 21 heteroatoms. The van der Waals surface area contributed by atoms with Crippen LogP contribution < -0.4 is 0 Å². The van der Waals surface area contributed by atoms with E-state index in [-0.39, 0.29) is 9.90 Å². The SMILES string of the molecule is O=S(O)O.O=S(O)O.O=S(O)O.O=S(O)O.O=S(O)O.P. The molecule has 0 aliphatic heterocycles. The molecule has 0 aromatic carbocycles. The molecule has 10 N–H and O–H groups in total. The molecule has 0 heterocycles. The molecule has 1 atom stereocenters. The molecule has 1 unspecified atom stereocenters. The molecule has 0 saturated carbocycles. The first-order valence-corrected chi connectivity index (χ1v) is 7.98. The molecule has 15 nitrogen and oxygen atoms in total. The lowest BCUT2D eigenvalue weighted by Crippen LogP contribution is -1.74. The maximum atomic E-state index is 8.67. The molecule has 0 spiro atoms. The van der Waals surface area contributed by atoms with Gasteiger partial charge in [-0.15, -0.1) is 0 Å². The van der Waals surface area contributed by atoms with Crippen molar-refractivity contribution >= 4 is 66.7 Å². The molecular weight excluding hydrogens is 431 g/mol. The lowest BCUT2D eigenvalue weighted by molar-refractivity contribution is 0.452. The zero-order chi connectivity index (χ0) is 17.9. The first-order chi connectivity index (χ1) is 8.66. The van der Waals surface area contributed by atoms with Crippen LogP contribution in [0.25, 0.3) is 0 Å². The second-order valence-corrected chi connectivity index (χ2v) is 3.46. The third-order valence-electron chi connectivity index (χ3n) is 0. The van der Waals surface area contributed by atoms with Gasteiger partial charge in [-0.25, -0.2) is 0 Å². The van der Waals surface area contributed by atoms with Crippen LogP contribution in [0.4, 0.5) is 0 Å². The summed E-state index contributed by atoms with van der Waals surface area (Å²) in [6.07, 6.45) is 0. The molecule has 0 amide bonds. The van der Waals surface area contributed by atoms with Gasteiger partial charge in [-0.05, 0) is 0 Å². The highest BCUT2D eigenvalue weighted by Crippen LogP contribution is 1.45. The van der Waals surface area contributed by atoms with Gasteiger partial charge in [0.25, 0.3) is 56.8 Å². The molecule has 0 rings (SSSR count). The fourth-order valence-electron chi connectivity index (χ4n) is 0. The van der Waals surface area contributed by atoms with Gasteiger partial charge in [-0.1, -0.05) is 0 Å². The molecule has 0 aromatic heterocycles. The minimum Gasteiger partial charge on any atom is -0.284 e. The Labute approximate surface area is 133 Å². The van der Waals surface area contributed by atoms with E-state index in [1.807, 2.05) is 0 Å². The van der Waals surface area contributed by atoms with Gasteiger partial charge in [-0.3, -0.25) is 45.5 Å². The predicted molar refractivity (Wildman–Crippen MR) is 78.1 cm³/mol. The smallest absolute Gasteiger partial charge is 0.284 e. The molecule has 0 bridgehead atoms. The lowest BCUT2D eigenvalue weighted by atomic mass is 15.8. The van der Waals surface area contributed by atoms with E-state index < -0.39 is 56.8 Å². The standard InChI is InChI=1S/5H2O3S.H3P/c5*1-4(2)3;/h5*(H2,1,2,3);1H3. The Hall–Kier alpha value is 0.780. The summed E-state index contributed by atoms with van der Waals surface area (Å²) in [5.41, 5.74) is 0. The van der Waals surface area contributed by atoms with Crippen LogP contribution in [0.1, 0.15) is 0 Å². The minimum atomic E-state index is -2.61. The normalized spacial score (nSPS) is 8.33. The first-order valence-electron chi connectivity index (χ1n) is 2.66. The van der Waals surface area contributed by atoms with Gasteiger partial charge < -0.3 is 0 Å². The van der Waals surface area contributed by atoms with Crippen molar-refractivity contribution in [2.24, 2.45) is 0 Å². The van der Waals surface area contributed by atoms with Crippen LogP contribution in [0.2, 0.25) is 0 Å². The van der Waals surface area contributed by atoms with Crippen LogP contribution in [0, 0.1) is 0 Å². The molecule has 0 aromatic rings. The van der Waals surface area contributed by atoms with Crippen molar-refractivity contribution in [1.82, 2.24) is 0 Å². The van der Waals surface area contributed by atoms with Crippen LogP contribution in [0.3, 0.4) is 0 Å². The monoisotopic (exact) mass is 444 g/mol. The summed E-state index contributed by atoms with van der Waals surface area (Å²) < 4.78 is 114. The van der Waals surface area contributed by atoms with Crippen molar-refractivity contribution in [2.45, 2.75) is 0 Å². The Bertz CT molecular complexity index is 207. The van der Waals surface area contributed by atoms with Crippen molar-refractivity contribution in [3.05, 3.63) is 0 Å². The van der Waals surface area contributed by atoms with Crippen molar-refractivity contribution < 1.29 is 66.6 Å². The number of hydrogen-bond donors (Lipinski definition) is 10. The number of rotatable bonds is 0. The van der Waals surface area contributed by atoms with Crippen LogP contribution in [-0.4, -0.2) is 66.6 Å². The lowest BCUT2D eigenvalue weighted by Gasteiger charge is -1.59. The summed E-state index contributed by atoms with van der Waals surface area (Å²) in [7, 11) is 0. The van der Waals surface area contributed by atoms with E-state index in [4.69, 9.17) is 66.6 Å². The Balaban J connectivity index is -0.0000000331. The molecule has 0 aliphatic rings. The first kappa shape index (κ1) is 37.8. The third-order valence-corrected chi connectivity index (χ3v) is 0. The van der Waals surface area contributed by atoms with Crippen LogP contribution in [0.5, 0.6) is 0 Å². The fourth-order valence-corrected chi connectivity index (χ4v) is 0. The Kier molecular flexibility index (Phi) is 58.7. The Morgan fingerprint density at radius 2 is 0.333 bits per heavy atom. The summed E-state index contributed by atoms with van der Waals surface area (Å²) in [6, 6.07) is 0. The van der Waals surface area contributed by atoms with Gasteiger partial charge in [0.05, 0.1) is 0 Å². The van der Waals surface area contributed by atoms with E-state index in [1.54, 1.807) is 0 Å². The highest BCUT2D eigenvalue weighted by atomic mass is 32.2. The highest BCUT2D eigenvalue weighted by Gasteiger charge is 1.64. The molecule has 0 saturated heterocycles. The maximum absolute atomic E-state index is 8.67. The summed E-state index contributed by atoms with van der Waals surface area (Å²) in [5, 5.41) is 0. The Morgan fingerprint density at radius 1 is 0.333 bits per heavy atom.